The molecular formula is C23H21ClINO4S. The number of benzene rings is 3. The van der Waals surface area contributed by atoms with Crippen LogP contribution in [0.4, 0.5) is 5.69 Å². The van der Waals surface area contributed by atoms with Crippen molar-refractivity contribution in [2.75, 3.05) is 12.8 Å². The van der Waals surface area contributed by atoms with Gasteiger partial charge in [-0.25, -0.2) is 8.42 Å². The van der Waals surface area contributed by atoms with E-state index in [1.54, 1.807) is 0 Å². The summed E-state index contributed by atoms with van der Waals surface area (Å²) < 4.78 is 27.4. The molecule has 3 rings (SSSR count). The van der Waals surface area contributed by atoms with Crippen molar-refractivity contribution in [1.82, 2.24) is 0 Å². The molecule has 0 saturated heterocycles. The van der Waals surface area contributed by atoms with E-state index < -0.39 is 9.05 Å². The maximum absolute atomic E-state index is 10.9. The number of anilines is 1. The van der Waals surface area contributed by atoms with Crippen molar-refractivity contribution in [3.05, 3.63) is 93.6 Å². The lowest BCUT2D eigenvalue weighted by Gasteiger charge is -2.00. The number of carbonyl (C=O) groups excluding carboxylic acids is 1. The first-order valence-corrected chi connectivity index (χ1v) is 12.2. The largest absolute Gasteiger partial charge is 0.469 e. The van der Waals surface area contributed by atoms with Gasteiger partial charge in [0.15, 0.2) is 0 Å². The molecule has 0 heterocycles. The van der Waals surface area contributed by atoms with E-state index in [9.17, 15) is 13.2 Å². The second kappa shape index (κ2) is 13.7. The van der Waals surface area contributed by atoms with Gasteiger partial charge in [0.25, 0.3) is 9.05 Å². The van der Waals surface area contributed by atoms with Crippen LogP contribution < -0.4 is 5.73 Å². The third kappa shape index (κ3) is 10.9. The molecule has 3 aromatic rings. The average Bonchev–Trinajstić information content (AvgIpc) is 2.77. The first kappa shape index (κ1) is 26.5. The summed E-state index contributed by atoms with van der Waals surface area (Å²) in [4.78, 5) is 10.9. The lowest BCUT2D eigenvalue weighted by Crippen LogP contribution is -2.04. The Bertz CT molecular complexity index is 1090. The number of hydrogen-bond acceptors (Lipinski definition) is 5. The summed E-state index contributed by atoms with van der Waals surface area (Å²) in [6.45, 7) is 0. The predicted molar refractivity (Wildman–Crippen MR) is 133 cm³/mol. The molecule has 0 aliphatic rings. The zero-order valence-corrected chi connectivity index (χ0v) is 20.4. The number of esters is 1. The van der Waals surface area contributed by atoms with Gasteiger partial charge in [0, 0.05) is 25.5 Å². The molecule has 8 heteroatoms. The van der Waals surface area contributed by atoms with Crippen LogP contribution >= 0.6 is 33.3 Å². The van der Waals surface area contributed by atoms with E-state index in [1.165, 1.54) is 31.4 Å². The highest BCUT2D eigenvalue weighted by Gasteiger charge is 2.10. The van der Waals surface area contributed by atoms with Gasteiger partial charge in [0.05, 0.1) is 18.4 Å². The number of nitrogens with two attached hydrogens (primary N) is 1. The molecule has 5 nitrogen and oxygen atoms in total. The van der Waals surface area contributed by atoms with Gasteiger partial charge < -0.3 is 10.5 Å². The molecule has 0 spiro atoms. The fraction of sp³-hybridized carbons (Fsp3) is 0.0870. The van der Waals surface area contributed by atoms with E-state index in [2.05, 4.69) is 33.2 Å². The first-order chi connectivity index (χ1) is 14.7. The van der Waals surface area contributed by atoms with Gasteiger partial charge in [-0.15, -0.1) is 6.42 Å². The van der Waals surface area contributed by atoms with Crippen LogP contribution in [-0.2, 0) is 25.0 Å². The number of halogens is 2. The minimum Gasteiger partial charge on any atom is -0.469 e. The van der Waals surface area contributed by atoms with Gasteiger partial charge >= 0.3 is 5.97 Å². The number of nitrogen functional groups attached to an aromatic ring is 1. The summed E-state index contributed by atoms with van der Waals surface area (Å²) in [6, 6.07) is 23.1. The van der Waals surface area contributed by atoms with Crippen LogP contribution in [0.2, 0.25) is 0 Å². The van der Waals surface area contributed by atoms with E-state index >= 15 is 0 Å². The van der Waals surface area contributed by atoms with Gasteiger partial charge in [0.1, 0.15) is 0 Å². The van der Waals surface area contributed by atoms with Gasteiger partial charge in [-0.1, -0.05) is 48.4 Å². The molecule has 0 aliphatic heterocycles. The van der Waals surface area contributed by atoms with Crippen molar-refractivity contribution in [3.8, 4) is 12.3 Å². The number of ether oxygens (including phenoxy) is 1. The van der Waals surface area contributed by atoms with E-state index in [0.717, 1.165) is 14.8 Å². The quantitative estimate of drug-likeness (QED) is 0.160. The number of para-hydroxylation sites is 1. The lowest BCUT2D eigenvalue weighted by atomic mass is 10.2. The Morgan fingerprint density at radius 2 is 1.58 bits per heavy atom. The Labute approximate surface area is 201 Å². The zero-order valence-electron chi connectivity index (χ0n) is 16.7. The van der Waals surface area contributed by atoms with Crippen LogP contribution in [-0.4, -0.2) is 21.5 Å². The summed E-state index contributed by atoms with van der Waals surface area (Å²) >= 11 is 2.20. The average molecular weight is 570 g/mol. The maximum Gasteiger partial charge on any atom is 0.309 e. The second-order valence-electron chi connectivity index (χ2n) is 5.87. The fourth-order valence-electron chi connectivity index (χ4n) is 2.02. The lowest BCUT2D eigenvalue weighted by molar-refractivity contribution is -0.139. The molecule has 0 radical (unpaired) electrons. The normalized spacial score (nSPS) is 9.74. The zero-order chi connectivity index (χ0) is 23.3. The Morgan fingerprint density at radius 1 is 1.03 bits per heavy atom. The summed E-state index contributed by atoms with van der Waals surface area (Å²) in [6.07, 6.45) is 5.21. The molecule has 0 aromatic heterocycles. The third-order valence-electron chi connectivity index (χ3n) is 3.63. The molecule has 0 saturated carbocycles. The first-order valence-electron chi connectivity index (χ1n) is 8.79. The molecule has 0 amide bonds. The number of carbonyl (C=O) groups is 1. The minimum atomic E-state index is -3.70. The maximum atomic E-state index is 10.9. The molecule has 0 fully saturated rings. The van der Waals surface area contributed by atoms with Crippen LogP contribution in [0.15, 0.2) is 83.8 Å². The Morgan fingerprint density at radius 3 is 1.97 bits per heavy atom. The van der Waals surface area contributed by atoms with Crippen molar-refractivity contribution < 1.29 is 17.9 Å². The monoisotopic (exact) mass is 569 g/mol. The van der Waals surface area contributed by atoms with Gasteiger partial charge in [-0.2, -0.15) is 0 Å². The highest BCUT2D eigenvalue weighted by Crippen LogP contribution is 2.15. The van der Waals surface area contributed by atoms with Crippen LogP contribution in [0, 0.1) is 15.9 Å². The van der Waals surface area contributed by atoms with Crippen LogP contribution in [0.5, 0.6) is 0 Å². The van der Waals surface area contributed by atoms with Gasteiger partial charge in [-0.05, 0) is 64.6 Å². The van der Waals surface area contributed by atoms with Gasteiger partial charge in [0.2, 0.25) is 0 Å². The molecule has 0 bridgehead atoms. The molecule has 0 atom stereocenters. The second-order valence-corrected chi connectivity index (χ2v) is 9.59. The Hall–Kier alpha value is -2.54. The van der Waals surface area contributed by atoms with Crippen molar-refractivity contribution in [3.63, 3.8) is 0 Å². The van der Waals surface area contributed by atoms with Crippen molar-refractivity contribution in [2.24, 2.45) is 0 Å². The molecular weight excluding hydrogens is 549 g/mol. The Kier molecular flexibility index (Phi) is 11.7. The number of rotatable bonds is 3. The van der Waals surface area contributed by atoms with E-state index in [1.807, 2.05) is 54.6 Å². The third-order valence-corrected chi connectivity index (χ3v) is 5.98. The minimum absolute atomic E-state index is 0.0118. The number of methoxy groups -OCH3 is 1. The summed E-state index contributed by atoms with van der Waals surface area (Å²) in [5, 5.41) is 0. The highest BCUT2D eigenvalue weighted by atomic mass is 127. The Balaban J connectivity index is 0.000000253. The van der Waals surface area contributed by atoms with Crippen molar-refractivity contribution in [1.29, 1.82) is 0 Å². The van der Waals surface area contributed by atoms with Crippen molar-refractivity contribution >= 4 is 54.0 Å². The summed E-state index contributed by atoms with van der Waals surface area (Å²) in [5.41, 5.74) is 7.98. The van der Waals surface area contributed by atoms with E-state index in [0.29, 0.717) is 5.56 Å². The number of hydrogen-bond donors (Lipinski definition) is 1. The SMILES string of the molecule is C#Cc1ccccc1.COC(=O)Cc1ccc(S(=O)(=O)Cl)cc1.Nc1ccccc1I. The molecule has 31 heavy (non-hydrogen) atoms. The predicted octanol–water partition coefficient (Wildman–Crippen LogP) is 4.87. The molecule has 0 unspecified atom stereocenters. The smallest absolute Gasteiger partial charge is 0.309 e. The molecule has 3 aromatic carbocycles. The van der Waals surface area contributed by atoms with Crippen LogP contribution in [0.25, 0.3) is 0 Å². The fourth-order valence-corrected chi connectivity index (χ4v) is 3.18. The topological polar surface area (TPSA) is 86.5 Å². The standard InChI is InChI=1S/C9H9ClO4S.C8H6.C6H6IN/c1-14-9(11)6-7-2-4-8(5-3-7)15(10,12)13;1-2-8-6-4-3-5-7-8;7-5-3-1-2-4-6(5)8/h2-5H,6H2,1H3;1,3-7H;1-4H,8H2. The van der Waals surface area contributed by atoms with Crippen LogP contribution in [0.3, 0.4) is 0 Å². The number of terminal acetylenes is 1. The molecule has 162 valence electrons. The van der Waals surface area contributed by atoms with E-state index in [4.69, 9.17) is 22.8 Å². The van der Waals surface area contributed by atoms with Crippen molar-refractivity contribution in [2.45, 2.75) is 11.3 Å². The van der Waals surface area contributed by atoms with Crippen LogP contribution in [0.1, 0.15) is 11.1 Å². The van der Waals surface area contributed by atoms with Gasteiger partial charge in [-0.3, -0.25) is 4.79 Å². The molecule has 2 N–H and O–H groups in total. The summed E-state index contributed by atoms with van der Waals surface area (Å²) in [7, 11) is 2.72. The molecule has 0 aliphatic carbocycles. The van der Waals surface area contributed by atoms with E-state index in [-0.39, 0.29) is 17.3 Å². The summed E-state index contributed by atoms with van der Waals surface area (Å²) in [5.74, 6) is 2.15. The highest BCUT2D eigenvalue weighted by molar-refractivity contribution is 14.1.